The van der Waals surface area contributed by atoms with Gasteiger partial charge in [-0.15, -0.1) is 0 Å². The van der Waals surface area contributed by atoms with Gasteiger partial charge in [0.15, 0.2) is 5.78 Å². The third kappa shape index (κ3) is 15.4. The van der Waals surface area contributed by atoms with Gasteiger partial charge in [-0.25, -0.2) is 0 Å². The van der Waals surface area contributed by atoms with Crippen molar-refractivity contribution in [3.63, 3.8) is 0 Å². The maximum atomic E-state index is 10.4. The molecule has 0 aliphatic heterocycles. The Balaban J connectivity index is -0.000000189. The summed E-state index contributed by atoms with van der Waals surface area (Å²) in [5.41, 5.74) is 0. The monoisotopic (exact) mass is 286 g/mol. The first-order valence-corrected chi connectivity index (χ1v) is 5.07. The van der Waals surface area contributed by atoms with Crippen LogP contribution in [0.4, 0.5) is 0 Å². The summed E-state index contributed by atoms with van der Waals surface area (Å²) in [6, 6.07) is 0. The van der Waals surface area contributed by atoms with Gasteiger partial charge in [0.2, 0.25) is 0 Å². The molecule has 2 aliphatic carbocycles. The average Bonchev–Trinajstić information content (AvgIpc) is 2.87. The van der Waals surface area contributed by atoms with E-state index in [0.29, 0.717) is 0 Å². The van der Waals surface area contributed by atoms with Crippen molar-refractivity contribution in [3.8, 4) is 0 Å². The van der Waals surface area contributed by atoms with Gasteiger partial charge in [0.25, 0.3) is 0 Å². The van der Waals surface area contributed by atoms with Crippen LogP contribution in [0.1, 0.15) is 26.2 Å². The van der Waals surface area contributed by atoms with Crippen molar-refractivity contribution in [2.75, 3.05) is 0 Å². The summed E-state index contributed by atoms with van der Waals surface area (Å²) < 4.78 is 15.0. The van der Waals surface area contributed by atoms with Gasteiger partial charge in [0, 0.05) is 23.5 Å². The summed E-state index contributed by atoms with van der Waals surface area (Å²) in [5, 5.41) is 0. The molecule has 0 aromatic carbocycles. The molecule has 0 amide bonds. The van der Waals surface area contributed by atoms with E-state index < -0.39 is 0 Å². The molecule has 18 heavy (non-hydrogen) atoms. The van der Waals surface area contributed by atoms with Gasteiger partial charge in [0.05, 0.1) is 0 Å². The average molecular weight is 286 g/mol. The summed E-state index contributed by atoms with van der Waals surface area (Å²) in [6.45, 7) is 11.1. The number of carbonyl (C=O) groups is 1. The zero-order valence-electron chi connectivity index (χ0n) is 10.2. The predicted octanol–water partition coefficient (Wildman–Crippen LogP) is 2.63. The predicted molar refractivity (Wildman–Crippen MR) is 62.0 cm³/mol. The van der Waals surface area contributed by atoms with Crippen LogP contribution in [0.15, 0.2) is 12.2 Å². The van der Waals surface area contributed by atoms with Gasteiger partial charge in [-0.1, -0.05) is 13.0 Å². The number of hydrogen-bond donors (Lipinski definition) is 0. The second-order valence-corrected chi connectivity index (χ2v) is 3.22. The first-order chi connectivity index (χ1) is 8.29. The number of allylic oxidation sites excluding steroid dienone is 2. The molecule has 0 heterocycles. The molecule has 3 nitrogen and oxygen atoms in total. The second kappa shape index (κ2) is 18.8. The SMILES string of the molecule is C[C]1[CH][CH][CH][CH]1.O=C1C=CCCC1.[C-]#[O+].[C-]#[O+].[Mn]. The van der Waals surface area contributed by atoms with Crippen molar-refractivity contribution >= 4 is 5.78 Å². The molecule has 0 aromatic heterocycles. The molecule has 0 N–H and O–H groups in total. The van der Waals surface area contributed by atoms with Crippen molar-refractivity contribution in [2.24, 2.45) is 0 Å². The molecule has 2 aliphatic rings. The molecule has 0 aromatic rings. The van der Waals surface area contributed by atoms with Gasteiger partial charge in [-0.05, 0) is 50.5 Å². The molecule has 0 saturated heterocycles. The van der Waals surface area contributed by atoms with Gasteiger partial charge in [-0.3, -0.25) is 4.79 Å². The molecule has 1 saturated carbocycles. The summed E-state index contributed by atoms with van der Waals surface area (Å²) in [5.74, 6) is 1.63. The smallest absolute Gasteiger partial charge is 0 e. The van der Waals surface area contributed by atoms with Gasteiger partial charge >= 0.3 is 22.6 Å². The van der Waals surface area contributed by atoms with E-state index in [2.05, 4.69) is 33.1 Å². The van der Waals surface area contributed by atoms with Crippen LogP contribution < -0.4 is 0 Å². The number of ketones is 1. The summed E-state index contributed by atoms with van der Waals surface area (Å²) in [6.07, 6.45) is 14.7. The minimum absolute atomic E-state index is 0. The Kier molecular flexibility index (Phi) is 23.5. The van der Waals surface area contributed by atoms with Crippen molar-refractivity contribution < 1.29 is 31.2 Å². The maximum absolute atomic E-state index is 10.4. The first kappa shape index (κ1) is 22.6. The van der Waals surface area contributed by atoms with E-state index in [1.165, 1.54) is 5.92 Å². The zero-order valence-corrected chi connectivity index (χ0v) is 11.4. The number of carbonyl (C=O) groups excluding carboxylic acids is 1. The Morgan fingerprint density at radius 2 is 1.61 bits per heavy atom. The minimum atomic E-state index is 0. The summed E-state index contributed by atoms with van der Waals surface area (Å²) in [4.78, 5) is 10.4. The van der Waals surface area contributed by atoms with Crippen molar-refractivity contribution in [2.45, 2.75) is 26.2 Å². The Labute approximate surface area is 120 Å². The maximum Gasteiger partial charge on any atom is 0 e. The van der Waals surface area contributed by atoms with Crippen LogP contribution in [-0.4, -0.2) is 5.78 Å². The Bertz CT molecular complexity index is 244. The van der Waals surface area contributed by atoms with Gasteiger partial charge in [-0.2, -0.15) is 0 Å². The van der Waals surface area contributed by atoms with Crippen LogP contribution >= 0.6 is 0 Å². The Morgan fingerprint density at radius 1 is 1.11 bits per heavy atom. The third-order valence-electron chi connectivity index (χ3n) is 1.93. The minimum Gasteiger partial charge on any atom is 0 e. The van der Waals surface area contributed by atoms with Crippen LogP contribution in [0.25, 0.3) is 0 Å². The molecular formula is C14H15MnO3. The molecule has 0 bridgehead atoms. The normalized spacial score (nSPS) is 16.6. The molecular weight excluding hydrogens is 271 g/mol. The quantitative estimate of drug-likeness (QED) is 0.383. The van der Waals surface area contributed by atoms with E-state index in [0.717, 1.165) is 19.3 Å². The van der Waals surface area contributed by atoms with Crippen molar-refractivity contribution in [1.82, 2.24) is 0 Å². The Hall–Kier alpha value is -0.591. The fraction of sp³-hybridized carbons (Fsp3) is 0.286. The van der Waals surface area contributed by atoms with Gasteiger partial charge in [0.1, 0.15) is 0 Å². The Morgan fingerprint density at radius 3 is 1.78 bits per heavy atom. The molecule has 0 atom stereocenters. The fourth-order valence-corrected chi connectivity index (χ4v) is 1.16. The van der Waals surface area contributed by atoms with Crippen LogP contribution in [0.3, 0.4) is 0 Å². The molecule has 2 rings (SSSR count). The van der Waals surface area contributed by atoms with Crippen molar-refractivity contribution in [1.29, 1.82) is 0 Å². The summed E-state index contributed by atoms with van der Waals surface area (Å²) >= 11 is 0. The van der Waals surface area contributed by atoms with E-state index in [1.54, 1.807) is 6.08 Å². The largest absolute Gasteiger partial charge is 0 e. The molecule has 0 spiro atoms. The van der Waals surface area contributed by atoms with E-state index in [9.17, 15) is 4.79 Å². The first-order valence-electron chi connectivity index (χ1n) is 5.07. The number of hydrogen-bond acceptors (Lipinski definition) is 1. The molecule has 6 radical (unpaired) electrons. The zero-order chi connectivity index (χ0) is 13.5. The van der Waals surface area contributed by atoms with Crippen LogP contribution in [0.5, 0.6) is 0 Å². The van der Waals surface area contributed by atoms with Crippen LogP contribution in [-0.2, 0) is 31.2 Å². The van der Waals surface area contributed by atoms with Crippen molar-refractivity contribution in [3.05, 3.63) is 57.1 Å². The van der Waals surface area contributed by atoms with Crippen LogP contribution in [0, 0.1) is 44.9 Å². The summed E-state index contributed by atoms with van der Waals surface area (Å²) in [7, 11) is 0. The van der Waals surface area contributed by atoms with E-state index in [1.807, 2.05) is 18.9 Å². The topological polar surface area (TPSA) is 56.9 Å². The molecule has 96 valence electrons. The second-order valence-electron chi connectivity index (χ2n) is 3.22. The fourth-order valence-electron chi connectivity index (χ4n) is 1.16. The molecule has 0 unspecified atom stereocenters. The van der Waals surface area contributed by atoms with E-state index >= 15 is 0 Å². The molecule has 1 fully saturated rings. The standard InChI is InChI=1S/C6H8O.C6H7.2CO.Mn/c7-6-4-2-1-3-5-6;1-6-4-2-3-5-6;2*1-2;/h2,4H,1,3,5H2;2-5H,1H3;;;. The van der Waals surface area contributed by atoms with E-state index in [4.69, 9.17) is 9.30 Å². The third-order valence-corrected chi connectivity index (χ3v) is 1.93. The van der Waals surface area contributed by atoms with E-state index in [-0.39, 0.29) is 22.9 Å². The van der Waals surface area contributed by atoms with Crippen LogP contribution in [0.2, 0.25) is 0 Å². The number of rotatable bonds is 0. The molecule has 4 heteroatoms. The van der Waals surface area contributed by atoms with Gasteiger partial charge < -0.3 is 0 Å².